The van der Waals surface area contributed by atoms with Crippen LogP contribution < -0.4 is 0 Å². The molecule has 0 fully saturated rings. The van der Waals surface area contributed by atoms with Gasteiger partial charge >= 0.3 is 0 Å². The standard InChI is InChI=1S/2C19H12S.2CH4/c2*1-2-6-13-12(5-1)11-17-14(13)9-10-16-15-7-3-4-8-18(15)20-19(16)17;;/h2*1-10H,11H2;2*1H4/i1D,2D,3D,4D,5D,6D,7D,8D,9D,10D;;;. The van der Waals surface area contributed by atoms with Crippen LogP contribution in [0.2, 0.25) is 0 Å². The van der Waals surface area contributed by atoms with Gasteiger partial charge in [0.15, 0.2) is 0 Å². The summed E-state index contributed by atoms with van der Waals surface area (Å²) >= 11 is 3.05. The summed E-state index contributed by atoms with van der Waals surface area (Å²) in [7, 11) is 0. The molecule has 10 rings (SSSR count). The maximum absolute atomic E-state index is 8.59. The fourth-order valence-corrected chi connectivity index (χ4v) is 8.47. The van der Waals surface area contributed by atoms with E-state index in [9.17, 15) is 0 Å². The lowest BCUT2D eigenvalue weighted by Crippen LogP contribution is -1.79. The van der Waals surface area contributed by atoms with Crippen LogP contribution >= 0.6 is 22.7 Å². The third-order valence-corrected chi connectivity index (χ3v) is 10.3. The molecule has 2 heteroatoms. The Balaban J connectivity index is 0.000000166. The van der Waals surface area contributed by atoms with E-state index in [1.54, 1.807) is 0 Å². The van der Waals surface area contributed by atoms with Crippen molar-refractivity contribution in [3.63, 3.8) is 0 Å². The van der Waals surface area contributed by atoms with Crippen LogP contribution in [0.4, 0.5) is 0 Å². The van der Waals surface area contributed by atoms with Crippen molar-refractivity contribution in [3.05, 3.63) is 143 Å². The summed E-state index contributed by atoms with van der Waals surface area (Å²) in [6, 6.07) is 19.3. The Hall–Kier alpha value is -4.24. The van der Waals surface area contributed by atoms with E-state index in [2.05, 4.69) is 60.7 Å². The second kappa shape index (κ2) is 10.2. The van der Waals surface area contributed by atoms with Crippen molar-refractivity contribution in [1.29, 1.82) is 0 Å². The number of benzene rings is 6. The number of rotatable bonds is 0. The van der Waals surface area contributed by atoms with Gasteiger partial charge in [0.25, 0.3) is 0 Å². The van der Waals surface area contributed by atoms with E-state index in [1.165, 1.54) is 42.4 Å². The Bertz CT molecular complexity index is 2830. The lowest BCUT2D eigenvalue weighted by molar-refractivity contribution is 1.29. The zero-order valence-corrected chi connectivity index (χ0v) is 22.6. The highest BCUT2D eigenvalue weighted by molar-refractivity contribution is 7.26. The minimum absolute atomic E-state index is 0. The maximum atomic E-state index is 8.59. The van der Waals surface area contributed by atoms with Gasteiger partial charge < -0.3 is 0 Å². The summed E-state index contributed by atoms with van der Waals surface area (Å²) < 4.78 is 85.8. The zero-order valence-electron chi connectivity index (χ0n) is 31.0. The minimum Gasteiger partial charge on any atom is -0.135 e. The van der Waals surface area contributed by atoms with Crippen LogP contribution in [-0.4, -0.2) is 0 Å². The fourth-order valence-electron chi connectivity index (χ4n) is 6.11. The van der Waals surface area contributed by atoms with Crippen LogP contribution in [0.5, 0.6) is 0 Å². The van der Waals surface area contributed by atoms with E-state index < -0.39 is 12.1 Å². The van der Waals surface area contributed by atoms with Gasteiger partial charge in [0.05, 0.1) is 13.7 Å². The van der Waals surface area contributed by atoms with Crippen LogP contribution in [0, 0.1) is 0 Å². The second-order valence-electron chi connectivity index (χ2n) is 10.0. The molecule has 0 unspecified atom stereocenters. The smallest absolute Gasteiger partial charge is 0.0638 e. The molecule has 2 aromatic heterocycles. The van der Waals surface area contributed by atoms with Gasteiger partial charge in [-0.1, -0.05) is 124 Å². The Morgan fingerprint density at radius 2 is 1.17 bits per heavy atom. The monoisotopic (exact) mass is 586 g/mol. The summed E-state index contributed by atoms with van der Waals surface area (Å²) in [5.41, 5.74) is 7.29. The van der Waals surface area contributed by atoms with Crippen molar-refractivity contribution in [2.75, 3.05) is 0 Å². The average molecular weight is 587 g/mol. The number of hydrogen-bond donors (Lipinski definition) is 0. The highest BCUT2D eigenvalue weighted by Crippen LogP contribution is 2.46. The summed E-state index contributed by atoms with van der Waals surface area (Å²) in [5, 5.41) is 3.29. The van der Waals surface area contributed by atoms with Crippen LogP contribution in [0.25, 0.3) is 62.6 Å². The SMILES string of the molecule is C.C.[2H]c1c([2H])c([2H])c2c(c1[2H])Cc1c-2c([2H])c([2H])c2c1sc1c([2H])c([2H])c([2H])c([2H])c12.c1ccc2c(c1)Cc1c-2ccc2c1sc1ccccc12. The third kappa shape index (κ3) is 3.86. The lowest BCUT2D eigenvalue weighted by atomic mass is 10.0. The first-order valence-corrected chi connectivity index (χ1v) is 14.7. The maximum Gasteiger partial charge on any atom is 0.0638 e. The molecule has 2 aliphatic rings. The van der Waals surface area contributed by atoms with E-state index in [0.29, 0.717) is 20.5 Å². The molecule has 204 valence electrons. The summed E-state index contributed by atoms with van der Waals surface area (Å²) in [4.78, 5) is 0. The fraction of sp³-hybridized carbons (Fsp3) is 0.100. The van der Waals surface area contributed by atoms with Gasteiger partial charge in [0.2, 0.25) is 0 Å². The van der Waals surface area contributed by atoms with Gasteiger partial charge in [-0.15, -0.1) is 22.7 Å². The first-order valence-electron chi connectivity index (χ1n) is 18.0. The van der Waals surface area contributed by atoms with Crippen molar-refractivity contribution in [2.24, 2.45) is 0 Å². The molecule has 0 N–H and O–H groups in total. The van der Waals surface area contributed by atoms with E-state index >= 15 is 0 Å². The molecule has 0 radical (unpaired) electrons. The molecule has 0 nitrogen and oxygen atoms in total. The highest BCUT2D eigenvalue weighted by atomic mass is 32.1. The second-order valence-corrected chi connectivity index (χ2v) is 12.1. The third-order valence-electron chi connectivity index (χ3n) is 7.92. The first kappa shape index (κ1) is 17.7. The average Bonchev–Trinajstić information content (AvgIpc) is 3.90. The topological polar surface area (TPSA) is 0 Å². The largest absolute Gasteiger partial charge is 0.135 e. The molecule has 6 aromatic carbocycles. The summed E-state index contributed by atoms with van der Waals surface area (Å²) in [6.45, 7) is 0. The highest BCUT2D eigenvalue weighted by Gasteiger charge is 2.23. The molecule has 42 heavy (non-hydrogen) atoms. The molecule has 2 aliphatic carbocycles. The number of fused-ring (bicyclic) bond motifs is 14. The Morgan fingerprint density at radius 1 is 0.452 bits per heavy atom. The quantitative estimate of drug-likeness (QED) is 0.166. The van der Waals surface area contributed by atoms with E-state index in [-0.39, 0.29) is 91.5 Å². The van der Waals surface area contributed by atoms with Gasteiger partial charge in [-0.2, -0.15) is 0 Å². The Kier molecular flexibility index (Phi) is 4.30. The van der Waals surface area contributed by atoms with Gasteiger partial charge in [-0.25, -0.2) is 0 Å². The predicted octanol–water partition coefficient (Wildman–Crippen LogP) is 12.5. The summed E-state index contributed by atoms with van der Waals surface area (Å²) in [6.07, 6.45) is 1.23. The van der Waals surface area contributed by atoms with Crippen LogP contribution in [0.1, 0.15) is 50.8 Å². The van der Waals surface area contributed by atoms with Gasteiger partial charge in [0, 0.05) is 53.2 Å². The molecular formula is C40H32S2. The van der Waals surface area contributed by atoms with Gasteiger partial charge in [0.1, 0.15) is 0 Å². The van der Waals surface area contributed by atoms with Crippen molar-refractivity contribution < 1.29 is 13.7 Å². The van der Waals surface area contributed by atoms with Crippen LogP contribution in [-0.2, 0) is 12.8 Å². The number of thiophene rings is 2. The van der Waals surface area contributed by atoms with Gasteiger partial charge in [-0.3, -0.25) is 0 Å². The molecule has 0 amide bonds. The van der Waals surface area contributed by atoms with E-state index in [0.717, 1.165) is 17.8 Å². The molecule has 0 bridgehead atoms. The molecule has 8 aromatic rings. The molecule has 0 saturated carbocycles. The van der Waals surface area contributed by atoms with E-state index in [1.807, 2.05) is 11.3 Å². The summed E-state index contributed by atoms with van der Waals surface area (Å²) in [5.74, 6) is 0. The molecule has 0 aliphatic heterocycles. The number of hydrogen-bond acceptors (Lipinski definition) is 2. The van der Waals surface area contributed by atoms with Gasteiger partial charge in [-0.05, 0) is 56.6 Å². The van der Waals surface area contributed by atoms with E-state index in [4.69, 9.17) is 13.7 Å². The van der Waals surface area contributed by atoms with Crippen molar-refractivity contribution in [2.45, 2.75) is 27.7 Å². The molecule has 0 spiro atoms. The molecule has 2 heterocycles. The molecule has 0 atom stereocenters. The van der Waals surface area contributed by atoms with Crippen LogP contribution in [0.15, 0.2) is 121 Å². The molecule has 0 saturated heterocycles. The molecular weight excluding hydrogens is 545 g/mol. The Morgan fingerprint density at radius 3 is 2.12 bits per heavy atom. The van der Waals surface area contributed by atoms with Crippen molar-refractivity contribution in [1.82, 2.24) is 0 Å². The predicted molar refractivity (Wildman–Crippen MR) is 189 cm³/mol. The zero-order chi connectivity index (χ0) is 34.9. The first-order chi connectivity index (χ1) is 24.0. The normalized spacial score (nSPS) is 15.5. The minimum atomic E-state index is -0.401. The van der Waals surface area contributed by atoms with Crippen molar-refractivity contribution >= 4 is 63.0 Å². The van der Waals surface area contributed by atoms with Crippen LogP contribution in [0.3, 0.4) is 0 Å². The Labute approximate surface area is 269 Å². The lowest BCUT2D eigenvalue weighted by Gasteiger charge is -2.01. The van der Waals surface area contributed by atoms with Crippen molar-refractivity contribution in [3.8, 4) is 22.3 Å².